The van der Waals surface area contributed by atoms with Gasteiger partial charge in [0.1, 0.15) is 16.2 Å². The van der Waals surface area contributed by atoms with Crippen LogP contribution in [-0.2, 0) is 15.7 Å². The molecule has 0 saturated heterocycles. The molecule has 5 nitrogen and oxygen atoms in total. The summed E-state index contributed by atoms with van der Waals surface area (Å²) in [6, 6.07) is 40.4. The third-order valence-electron chi connectivity index (χ3n) is 6.57. The van der Waals surface area contributed by atoms with Crippen LogP contribution in [0.4, 0.5) is 0 Å². The number of nitrogens with two attached hydrogens (primary N) is 1. The monoisotopic (exact) mass is 521 g/mol. The molecule has 0 aliphatic heterocycles. The SMILES string of the molecule is N[C@H](c1ccc(OS(=O)(=O)c2ccc(-c3ccccc3)cc2)cc1)C(O)(c1ccccc1)c1ccccc1. The van der Waals surface area contributed by atoms with E-state index in [9.17, 15) is 13.5 Å². The first-order chi connectivity index (χ1) is 18.4. The summed E-state index contributed by atoms with van der Waals surface area (Å²) in [5.74, 6) is 0.149. The van der Waals surface area contributed by atoms with Crippen molar-refractivity contribution in [3.8, 4) is 16.9 Å². The number of hydrogen-bond donors (Lipinski definition) is 2. The molecule has 0 saturated carbocycles. The smallest absolute Gasteiger partial charge is 0.339 e. The summed E-state index contributed by atoms with van der Waals surface area (Å²) in [5.41, 5.74) is 8.99. The highest BCUT2D eigenvalue weighted by atomic mass is 32.2. The molecular formula is C32H27NO4S. The predicted molar refractivity (Wildman–Crippen MR) is 149 cm³/mol. The van der Waals surface area contributed by atoms with Crippen molar-refractivity contribution in [2.45, 2.75) is 16.5 Å². The molecule has 3 N–H and O–H groups in total. The van der Waals surface area contributed by atoms with E-state index in [0.29, 0.717) is 16.7 Å². The summed E-state index contributed by atoms with van der Waals surface area (Å²) in [7, 11) is -4.04. The van der Waals surface area contributed by atoms with E-state index < -0.39 is 21.8 Å². The van der Waals surface area contributed by atoms with E-state index in [1.807, 2.05) is 91.0 Å². The molecule has 0 bridgehead atoms. The van der Waals surface area contributed by atoms with Crippen LogP contribution < -0.4 is 9.92 Å². The third-order valence-corrected chi connectivity index (χ3v) is 7.83. The van der Waals surface area contributed by atoms with Gasteiger partial charge in [-0.1, -0.05) is 115 Å². The molecule has 0 spiro atoms. The molecule has 6 heteroatoms. The van der Waals surface area contributed by atoms with Gasteiger partial charge in [-0.2, -0.15) is 8.42 Å². The van der Waals surface area contributed by atoms with Crippen molar-refractivity contribution in [3.05, 3.63) is 156 Å². The zero-order valence-electron chi connectivity index (χ0n) is 20.5. The van der Waals surface area contributed by atoms with Crippen LogP contribution in [-0.4, -0.2) is 13.5 Å². The van der Waals surface area contributed by atoms with Crippen LogP contribution in [0.15, 0.2) is 144 Å². The van der Waals surface area contributed by atoms with E-state index in [-0.39, 0.29) is 10.6 Å². The molecule has 190 valence electrons. The Balaban J connectivity index is 1.38. The maximum atomic E-state index is 12.9. The Labute approximate surface area is 222 Å². The molecule has 0 amide bonds. The Morgan fingerprint density at radius 3 is 1.55 bits per heavy atom. The minimum atomic E-state index is -4.04. The summed E-state index contributed by atoms with van der Waals surface area (Å²) >= 11 is 0. The van der Waals surface area contributed by atoms with Gasteiger partial charge in [-0.25, -0.2) is 0 Å². The molecular weight excluding hydrogens is 494 g/mol. The van der Waals surface area contributed by atoms with Gasteiger partial charge >= 0.3 is 10.1 Å². The van der Waals surface area contributed by atoms with E-state index in [1.54, 1.807) is 36.4 Å². The van der Waals surface area contributed by atoms with Crippen LogP contribution in [0.3, 0.4) is 0 Å². The Morgan fingerprint density at radius 2 is 1.05 bits per heavy atom. The van der Waals surface area contributed by atoms with Gasteiger partial charge in [0, 0.05) is 0 Å². The van der Waals surface area contributed by atoms with Crippen LogP contribution in [0.5, 0.6) is 5.75 Å². The fraction of sp³-hybridized carbons (Fsp3) is 0.0625. The molecule has 0 radical (unpaired) electrons. The van der Waals surface area contributed by atoms with Gasteiger partial charge in [-0.3, -0.25) is 0 Å². The third kappa shape index (κ3) is 5.10. The lowest BCUT2D eigenvalue weighted by molar-refractivity contribution is 0.0512. The highest BCUT2D eigenvalue weighted by Gasteiger charge is 2.39. The van der Waals surface area contributed by atoms with Crippen molar-refractivity contribution in [3.63, 3.8) is 0 Å². The molecule has 38 heavy (non-hydrogen) atoms. The molecule has 0 fully saturated rings. The molecule has 0 heterocycles. The first kappa shape index (κ1) is 25.4. The van der Waals surface area contributed by atoms with Gasteiger partial charge < -0.3 is 15.0 Å². The van der Waals surface area contributed by atoms with Crippen LogP contribution in [0.1, 0.15) is 22.7 Å². The minimum absolute atomic E-state index is 0.0560. The van der Waals surface area contributed by atoms with Crippen molar-refractivity contribution in [2.24, 2.45) is 5.73 Å². The van der Waals surface area contributed by atoms with Crippen LogP contribution in [0, 0.1) is 0 Å². The summed E-state index contributed by atoms with van der Waals surface area (Å²) in [6.07, 6.45) is 0. The highest BCUT2D eigenvalue weighted by molar-refractivity contribution is 7.87. The predicted octanol–water partition coefficient (Wildman–Crippen LogP) is 6.06. The lowest BCUT2D eigenvalue weighted by Gasteiger charge is -2.35. The van der Waals surface area contributed by atoms with Gasteiger partial charge in [-0.15, -0.1) is 0 Å². The molecule has 0 unspecified atom stereocenters. The average Bonchev–Trinajstić information content (AvgIpc) is 2.98. The van der Waals surface area contributed by atoms with Crippen molar-refractivity contribution in [2.75, 3.05) is 0 Å². The first-order valence-electron chi connectivity index (χ1n) is 12.2. The summed E-state index contributed by atoms with van der Waals surface area (Å²) in [5, 5.41) is 11.9. The first-order valence-corrected chi connectivity index (χ1v) is 13.6. The van der Waals surface area contributed by atoms with E-state index in [1.165, 1.54) is 12.1 Å². The maximum Gasteiger partial charge on any atom is 0.339 e. The molecule has 5 aromatic carbocycles. The standard InChI is InChI=1S/C32H27NO4S/c33-31(32(34,27-12-6-2-7-13-27)28-14-8-3-9-15-28)26-16-20-29(21-17-26)37-38(35,36)30-22-18-25(19-23-30)24-10-4-1-5-11-24/h1-23,31,34H,33H2/t31-/m1/s1. The fourth-order valence-electron chi connectivity index (χ4n) is 4.50. The van der Waals surface area contributed by atoms with Crippen LogP contribution >= 0.6 is 0 Å². The number of aliphatic hydroxyl groups is 1. The number of rotatable bonds is 8. The average molecular weight is 522 g/mol. The molecule has 5 rings (SSSR count). The highest BCUT2D eigenvalue weighted by Crippen LogP contribution is 2.40. The van der Waals surface area contributed by atoms with Crippen molar-refractivity contribution in [1.29, 1.82) is 0 Å². The largest absolute Gasteiger partial charge is 0.379 e. The fourth-order valence-corrected chi connectivity index (χ4v) is 5.43. The summed E-state index contributed by atoms with van der Waals surface area (Å²) in [4.78, 5) is 0.0560. The zero-order chi connectivity index (χ0) is 26.6. The normalized spacial score (nSPS) is 12.6. The Bertz CT molecular complexity index is 1550. The Hall–Kier alpha value is -4.23. The Morgan fingerprint density at radius 1 is 0.605 bits per heavy atom. The topological polar surface area (TPSA) is 89.6 Å². The van der Waals surface area contributed by atoms with Crippen LogP contribution in [0.2, 0.25) is 0 Å². The van der Waals surface area contributed by atoms with Crippen molar-refractivity contribution in [1.82, 2.24) is 0 Å². The molecule has 0 aliphatic carbocycles. The van der Waals surface area contributed by atoms with E-state index in [4.69, 9.17) is 9.92 Å². The van der Waals surface area contributed by atoms with E-state index >= 15 is 0 Å². The number of benzene rings is 5. The quantitative estimate of drug-likeness (QED) is 0.242. The van der Waals surface area contributed by atoms with Gasteiger partial charge in [0.05, 0.1) is 6.04 Å². The lowest BCUT2D eigenvalue weighted by atomic mass is 9.78. The minimum Gasteiger partial charge on any atom is -0.379 e. The summed E-state index contributed by atoms with van der Waals surface area (Å²) in [6.45, 7) is 0. The molecule has 0 aliphatic rings. The maximum absolute atomic E-state index is 12.9. The van der Waals surface area contributed by atoms with Gasteiger partial charge in [0.15, 0.2) is 0 Å². The van der Waals surface area contributed by atoms with Crippen molar-refractivity contribution < 1.29 is 17.7 Å². The zero-order valence-corrected chi connectivity index (χ0v) is 21.3. The second-order valence-corrected chi connectivity index (χ2v) is 10.5. The van der Waals surface area contributed by atoms with E-state index in [0.717, 1.165) is 11.1 Å². The molecule has 1 atom stereocenters. The van der Waals surface area contributed by atoms with Crippen molar-refractivity contribution >= 4 is 10.1 Å². The number of hydrogen-bond acceptors (Lipinski definition) is 5. The summed E-state index contributed by atoms with van der Waals surface area (Å²) < 4.78 is 31.2. The Kier molecular flexibility index (Phi) is 7.11. The van der Waals surface area contributed by atoms with E-state index in [2.05, 4.69) is 0 Å². The van der Waals surface area contributed by atoms with Gasteiger partial charge in [0.25, 0.3) is 0 Å². The lowest BCUT2D eigenvalue weighted by Crippen LogP contribution is -2.39. The molecule has 5 aromatic rings. The second-order valence-electron chi connectivity index (χ2n) is 8.97. The van der Waals surface area contributed by atoms with Gasteiger partial charge in [0.2, 0.25) is 0 Å². The van der Waals surface area contributed by atoms with Gasteiger partial charge in [-0.05, 0) is 52.1 Å². The second kappa shape index (κ2) is 10.6. The molecule has 0 aromatic heterocycles. The van der Waals surface area contributed by atoms with Crippen LogP contribution in [0.25, 0.3) is 11.1 Å².